The third-order valence-electron chi connectivity index (χ3n) is 5.60. The van der Waals surface area contributed by atoms with E-state index in [2.05, 4.69) is 26.8 Å². The van der Waals surface area contributed by atoms with Crippen molar-refractivity contribution in [3.05, 3.63) is 53.1 Å². The zero-order valence-corrected chi connectivity index (χ0v) is 13.1. The molecule has 2 aliphatic rings. The Morgan fingerprint density at radius 1 is 1.00 bits per heavy atom. The number of carbonyl (C=O) groups excluding carboxylic acids is 2. The minimum atomic E-state index is -0.340. The van der Waals surface area contributed by atoms with Crippen molar-refractivity contribution in [2.24, 2.45) is 11.3 Å². The van der Waals surface area contributed by atoms with Gasteiger partial charge in [0.25, 0.3) is 0 Å². The molecule has 0 aromatic heterocycles. The predicted octanol–water partition coefficient (Wildman–Crippen LogP) is 4.42. The van der Waals surface area contributed by atoms with Crippen LogP contribution in [0.15, 0.2) is 42.0 Å². The van der Waals surface area contributed by atoms with E-state index in [9.17, 15) is 9.59 Å². The molecule has 2 aliphatic carbocycles. The molecule has 2 nitrogen and oxygen atoms in total. The Kier molecular flexibility index (Phi) is 2.54. The van der Waals surface area contributed by atoms with Crippen molar-refractivity contribution in [3.63, 3.8) is 0 Å². The van der Waals surface area contributed by atoms with E-state index in [1.807, 2.05) is 30.3 Å². The topological polar surface area (TPSA) is 34.1 Å². The average molecular weight is 290 g/mol. The van der Waals surface area contributed by atoms with Crippen LogP contribution in [0.3, 0.4) is 0 Å². The molecule has 0 heterocycles. The quantitative estimate of drug-likeness (QED) is 0.673. The number of ketones is 2. The molecule has 4 rings (SSSR count). The first-order valence-corrected chi connectivity index (χ1v) is 7.77. The smallest absolute Gasteiger partial charge is 0.234 e. The van der Waals surface area contributed by atoms with Crippen LogP contribution in [0.4, 0.5) is 0 Å². The zero-order chi connectivity index (χ0) is 15.6. The summed E-state index contributed by atoms with van der Waals surface area (Å²) in [4.78, 5) is 25.6. The second-order valence-electron chi connectivity index (χ2n) is 7.05. The molecule has 110 valence electrons. The minimum Gasteiger partial charge on any atom is -0.285 e. The van der Waals surface area contributed by atoms with Crippen LogP contribution in [0.1, 0.15) is 43.1 Å². The van der Waals surface area contributed by atoms with E-state index in [4.69, 9.17) is 0 Å². The second-order valence-corrected chi connectivity index (χ2v) is 7.05. The van der Waals surface area contributed by atoms with E-state index in [-0.39, 0.29) is 17.0 Å². The molecule has 2 aromatic carbocycles. The Labute approximate surface area is 129 Å². The second kappa shape index (κ2) is 4.16. The monoisotopic (exact) mass is 290 g/mol. The number of allylic oxidation sites excluding steroid dienone is 2. The normalized spacial score (nSPS) is 23.0. The number of hydrogen-bond donors (Lipinski definition) is 0. The minimum absolute atomic E-state index is 0.231. The molecular formula is C20H18O2. The van der Waals surface area contributed by atoms with Crippen molar-refractivity contribution in [3.8, 4) is 0 Å². The molecule has 0 amide bonds. The Morgan fingerprint density at radius 3 is 2.50 bits per heavy atom. The Morgan fingerprint density at radius 2 is 1.73 bits per heavy atom. The maximum atomic E-state index is 12.8. The zero-order valence-electron chi connectivity index (χ0n) is 13.1. The lowest BCUT2D eigenvalue weighted by molar-refractivity contribution is -0.112. The van der Waals surface area contributed by atoms with Crippen LogP contribution in [0, 0.1) is 11.3 Å². The highest BCUT2D eigenvalue weighted by molar-refractivity contribution is 6.54. The Balaban J connectivity index is 2.11. The molecule has 0 fully saturated rings. The summed E-state index contributed by atoms with van der Waals surface area (Å²) in [7, 11) is 0. The molecule has 0 saturated carbocycles. The third kappa shape index (κ3) is 1.50. The van der Waals surface area contributed by atoms with Crippen LogP contribution in [-0.4, -0.2) is 11.6 Å². The number of carbonyl (C=O) groups is 2. The first-order valence-electron chi connectivity index (χ1n) is 7.77. The van der Waals surface area contributed by atoms with Crippen LogP contribution in [0.2, 0.25) is 0 Å². The van der Waals surface area contributed by atoms with Gasteiger partial charge in [0.05, 0.1) is 0 Å². The molecule has 0 aliphatic heterocycles. The largest absolute Gasteiger partial charge is 0.285 e. The van der Waals surface area contributed by atoms with Crippen molar-refractivity contribution in [2.45, 2.75) is 27.2 Å². The SMILES string of the molecule is CC1CC2=C(C(=O)C(=O)c3c2ccc2ccccc32)C1(C)C. The highest BCUT2D eigenvalue weighted by Gasteiger charge is 2.47. The summed E-state index contributed by atoms with van der Waals surface area (Å²) in [5.74, 6) is -0.271. The summed E-state index contributed by atoms with van der Waals surface area (Å²) in [6.07, 6.45) is 0.868. The molecule has 2 aromatic rings. The summed E-state index contributed by atoms with van der Waals surface area (Å²) in [5, 5.41) is 1.90. The molecule has 1 unspecified atom stereocenters. The summed E-state index contributed by atoms with van der Waals surface area (Å²) in [6.45, 7) is 6.32. The number of rotatable bonds is 0. The summed E-state index contributed by atoms with van der Waals surface area (Å²) in [5.41, 5.74) is 3.17. The lowest BCUT2D eigenvalue weighted by Gasteiger charge is -2.28. The molecule has 2 heteroatoms. The van der Waals surface area contributed by atoms with E-state index in [0.29, 0.717) is 11.5 Å². The van der Waals surface area contributed by atoms with Gasteiger partial charge in [-0.15, -0.1) is 0 Å². The molecule has 0 saturated heterocycles. The van der Waals surface area contributed by atoms with Crippen LogP contribution < -0.4 is 0 Å². The standard InChI is InChI=1S/C20H18O2/c1-11-10-15-14-9-8-12-6-4-5-7-13(12)16(14)18(21)19(22)17(15)20(11,2)3/h4-9,11H,10H2,1-3H3. The van der Waals surface area contributed by atoms with E-state index in [1.165, 1.54) is 0 Å². The summed E-state index contributed by atoms with van der Waals surface area (Å²) >= 11 is 0. The van der Waals surface area contributed by atoms with Crippen molar-refractivity contribution >= 4 is 27.9 Å². The molecule has 22 heavy (non-hydrogen) atoms. The fourth-order valence-corrected chi connectivity index (χ4v) is 3.97. The molecule has 1 atom stereocenters. The summed E-state index contributed by atoms with van der Waals surface area (Å²) in [6, 6.07) is 11.9. The average Bonchev–Trinajstić information content (AvgIpc) is 2.74. The van der Waals surface area contributed by atoms with Gasteiger partial charge in [-0.1, -0.05) is 57.2 Å². The van der Waals surface area contributed by atoms with Gasteiger partial charge in [0.1, 0.15) is 0 Å². The third-order valence-corrected chi connectivity index (χ3v) is 5.60. The van der Waals surface area contributed by atoms with Gasteiger partial charge >= 0.3 is 0 Å². The van der Waals surface area contributed by atoms with Gasteiger partial charge < -0.3 is 0 Å². The molecular weight excluding hydrogens is 272 g/mol. The number of hydrogen-bond acceptors (Lipinski definition) is 2. The van der Waals surface area contributed by atoms with Gasteiger partial charge in [-0.25, -0.2) is 0 Å². The molecule has 0 spiro atoms. The lowest BCUT2D eigenvalue weighted by Crippen LogP contribution is -2.30. The van der Waals surface area contributed by atoms with Crippen LogP contribution in [0.5, 0.6) is 0 Å². The van der Waals surface area contributed by atoms with Gasteiger partial charge in [-0.3, -0.25) is 9.59 Å². The van der Waals surface area contributed by atoms with Crippen molar-refractivity contribution in [1.82, 2.24) is 0 Å². The predicted molar refractivity (Wildman–Crippen MR) is 87.8 cm³/mol. The Bertz CT molecular complexity index is 884. The van der Waals surface area contributed by atoms with E-state index in [1.54, 1.807) is 0 Å². The van der Waals surface area contributed by atoms with Gasteiger partial charge in [0.15, 0.2) is 0 Å². The fourth-order valence-electron chi connectivity index (χ4n) is 3.97. The Hall–Kier alpha value is -2.22. The van der Waals surface area contributed by atoms with Gasteiger partial charge in [-0.05, 0) is 39.7 Å². The maximum Gasteiger partial charge on any atom is 0.234 e. The molecule has 0 radical (unpaired) electrons. The number of benzene rings is 2. The van der Waals surface area contributed by atoms with Gasteiger partial charge in [0.2, 0.25) is 11.6 Å². The van der Waals surface area contributed by atoms with Gasteiger partial charge in [0, 0.05) is 11.1 Å². The van der Waals surface area contributed by atoms with Crippen LogP contribution in [0.25, 0.3) is 16.3 Å². The fraction of sp³-hybridized carbons (Fsp3) is 0.300. The first kappa shape index (κ1) is 13.4. The molecule has 0 N–H and O–H groups in total. The maximum absolute atomic E-state index is 12.8. The highest BCUT2D eigenvalue weighted by atomic mass is 16.2. The number of fused-ring (bicyclic) bond motifs is 4. The van der Waals surface area contributed by atoms with E-state index >= 15 is 0 Å². The van der Waals surface area contributed by atoms with Crippen molar-refractivity contribution in [2.75, 3.05) is 0 Å². The van der Waals surface area contributed by atoms with Crippen LogP contribution in [-0.2, 0) is 4.79 Å². The van der Waals surface area contributed by atoms with Crippen molar-refractivity contribution < 1.29 is 9.59 Å². The van der Waals surface area contributed by atoms with Crippen LogP contribution >= 0.6 is 0 Å². The number of Topliss-reactive ketones (excluding diaryl/α,β-unsaturated/α-hetero) is 2. The molecule has 0 bridgehead atoms. The lowest BCUT2D eigenvalue weighted by atomic mass is 9.73. The first-order chi connectivity index (χ1) is 10.4. The van der Waals surface area contributed by atoms with E-state index in [0.717, 1.165) is 33.9 Å². The van der Waals surface area contributed by atoms with E-state index < -0.39 is 0 Å². The summed E-state index contributed by atoms with van der Waals surface area (Å²) < 4.78 is 0. The highest BCUT2D eigenvalue weighted by Crippen LogP contribution is 2.53. The van der Waals surface area contributed by atoms with Gasteiger partial charge in [-0.2, -0.15) is 0 Å². The van der Waals surface area contributed by atoms with Crippen molar-refractivity contribution in [1.29, 1.82) is 0 Å².